The summed E-state index contributed by atoms with van der Waals surface area (Å²) in [4.78, 5) is 27.4. The molecule has 8 heteroatoms. The fraction of sp³-hybridized carbons (Fsp3) is 0.875. The van der Waals surface area contributed by atoms with Crippen molar-refractivity contribution in [3.05, 3.63) is 0 Å². The van der Waals surface area contributed by atoms with Gasteiger partial charge >= 0.3 is 0 Å². The zero-order chi connectivity index (χ0) is 18.1. The Bertz CT molecular complexity index is 586. The smallest absolute Gasteiger partial charge is 0.235 e. The number of nitrogens with one attached hydrogen (secondary N) is 1. The Kier molecular flexibility index (Phi) is 5.59. The monoisotopic (exact) mass is 359 g/mol. The van der Waals surface area contributed by atoms with Crippen LogP contribution >= 0.6 is 0 Å². The summed E-state index contributed by atoms with van der Waals surface area (Å²) in [6.07, 6.45) is 0.505. The van der Waals surface area contributed by atoms with Gasteiger partial charge in [0.2, 0.25) is 21.8 Å². The van der Waals surface area contributed by atoms with Gasteiger partial charge in [-0.2, -0.15) is 0 Å². The second-order valence-corrected chi connectivity index (χ2v) is 9.69. The lowest BCUT2D eigenvalue weighted by molar-refractivity contribution is -0.161. The maximum Gasteiger partial charge on any atom is 0.235 e. The zero-order valence-corrected chi connectivity index (χ0v) is 15.9. The Morgan fingerprint density at radius 3 is 2.12 bits per heavy atom. The largest absolute Gasteiger partial charge is 0.341 e. The quantitative estimate of drug-likeness (QED) is 0.705. The van der Waals surface area contributed by atoms with Crippen LogP contribution in [0.25, 0.3) is 0 Å². The summed E-state index contributed by atoms with van der Waals surface area (Å²) in [7, 11) is -3.53. The number of likely N-dealkylation sites (tertiary alicyclic amines) is 2. The molecule has 0 radical (unpaired) electrons. The van der Waals surface area contributed by atoms with Crippen molar-refractivity contribution in [1.29, 1.82) is 0 Å². The highest BCUT2D eigenvalue weighted by molar-refractivity contribution is 7.90. The molecule has 1 spiro atoms. The first-order valence-corrected chi connectivity index (χ1v) is 10.2. The maximum atomic E-state index is 11.9. The van der Waals surface area contributed by atoms with Crippen LogP contribution in [0.5, 0.6) is 0 Å². The van der Waals surface area contributed by atoms with Gasteiger partial charge in [0.1, 0.15) is 0 Å². The fourth-order valence-corrected chi connectivity index (χ4v) is 4.50. The van der Waals surface area contributed by atoms with Crippen molar-refractivity contribution in [2.45, 2.75) is 34.1 Å². The van der Waals surface area contributed by atoms with E-state index >= 15 is 0 Å². The number of nitrogens with zero attached hydrogens (tertiary/aromatic N) is 2. The summed E-state index contributed by atoms with van der Waals surface area (Å²) in [5, 5.41) is 0. The average molecular weight is 359 g/mol. The Hall–Kier alpha value is -1.15. The van der Waals surface area contributed by atoms with E-state index in [2.05, 4.69) is 9.62 Å². The molecule has 0 aromatic rings. The minimum atomic E-state index is -3.53. The fourth-order valence-electron chi connectivity index (χ4n) is 3.35. The van der Waals surface area contributed by atoms with Crippen LogP contribution in [0.3, 0.4) is 0 Å². The van der Waals surface area contributed by atoms with Crippen LogP contribution in [0, 0.1) is 17.3 Å². The Morgan fingerprint density at radius 2 is 1.62 bits per heavy atom. The second-order valence-electron chi connectivity index (χ2n) is 7.85. The number of hydrogen-bond acceptors (Lipinski definition) is 5. The summed E-state index contributed by atoms with van der Waals surface area (Å²) >= 11 is 0. The third kappa shape index (κ3) is 4.47. The van der Waals surface area contributed by atoms with Gasteiger partial charge in [-0.1, -0.05) is 27.7 Å². The van der Waals surface area contributed by atoms with Gasteiger partial charge in [0, 0.05) is 43.4 Å². The number of rotatable bonds is 7. The normalized spacial score (nSPS) is 20.2. The first kappa shape index (κ1) is 19.2. The third-order valence-corrected chi connectivity index (χ3v) is 5.98. The minimum Gasteiger partial charge on any atom is -0.341 e. The van der Waals surface area contributed by atoms with Crippen LogP contribution in [0.1, 0.15) is 34.1 Å². The lowest BCUT2D eigenvalue weighted by atomic mass is 9.72. The molecule has 2 heterocycles. The topological polar surface area (TPSA) is 86.8 Å². The molecule has 138 valence electrons. The van der Waals surface area contributed by atoms with Crippen molar-refractivity contribution in [2.75, 3.05) is 38.5 Å². The van der Waals surface area contributed by atoms with Crippen molar-refractivity contribution in [2.24, 2.45) is 17.3 Å². The molecule has 2 saturated heterocycles. The molecule has 0 atom stereocenters. The zero-order valence-electron chi connectivity index (χ0n) is 15.0. The van der Waals surface area contributed by atoms with Gasteiger partial charge in [-0.25, -0.2) is 8.42 Å². The summed E-state index contributed by atoms with van der Waals surface area (Å²) in [5.41, 5.74) is 0.231. The van der Waals surface area contributed by atoms with Gasteiger partial charge in [0.25, 0.3) is 0 Å². The van der Waals surface area contributed by atoms with E-state index in [0.717, 1.165) is 26.2 Å². The molecular weight excluding hydrogens is 330 g/mol. The number of sulfonamides is 1. The van der Waals surface area contributed by atoms with Gasteiger partial charge in [0.15, 0.2) is 0 Å². The van der Waals surface area contributed by atoms with E-state index in [1.54, 1.807) is 13.8 Å². The second kappa shape index (κ2) is 7.00. The Labute approximate surface area is 144 Å². The predicted octanol–water partition coefficient (Wildman–Crippen LogP) is 0.279. The molecule has 0 unspecified atom stereocenters. The maximum absolute atomic E-state index is 11.9. The molecule has 0 aliphatic carbocycles. The van der Waals surface area contributed by atoms with Gasteiger partial charge < -0.3 is 9.80 Å². The third-order valence-electron chi connectivity index (χ3n) is 4.64. The molecule has 2 rings (SSSR count). The molecule has 2 aliphatic rings. The van der Waals surface area contributed by atoms with Gasteiger partial charge in [-0.15, -0.1) is 0 Å². The van der Waals surface area contributed by atoms with Crippen LogP contribution in [0.4, 0.5) is 0 Å². The predicted molar refractivity (Wildman–Crippen MR) is 91.7 cm³/mol. The first-order chi connectivity index (χ1) is 11.0. The van der Waals surface area contributed by atoms with E-state index in [1.165, 1.54) is 0 Å². The van der Waals surface area contributed by atoms with Gasteiger partial charge in [-0.05, 0) is 13.0 Å². The summed E-state index contributed by atoms with van der Waals surface area (Å²) < 4.78 is 25.7. The molecule has 0 saturated carbocycles. The summed E-state index contributed by atoms with van der Waals surface area (Å²) in [5.74, 6) is -0.573. The standard InChI is InChI=1S/C16H29N3O4S/c1-12(2)14(20)17-24(22,23)7-5-6-18-8-16(9-18)10-19(11-16)15(21)13(3)4/h12-13H,5-11H2,1-4H3,(H,17,20). The average Bonchev–Trinajstić information content (AvgIpc) is 2.37. The number of carbonyl (C=O) groups excluding carboxylic acids is 2. The molecule has 0 aromatic carbocycles. The molecule has 0 aromatic heterocycles. The van der Waals surface area contributed by atoms with Gasteiger partial charge in [0.05, 0.1) is 5.75 Å². The highest BCUT2D eigenvalue weighted by Gasteiger charge is 2.52. The van der Waals surface area contributed by atoms with E-state index in [9.17, 15) is 18.0 Å². The van der Waals surface area contributed by atoms with Crippen molar-refractivity contribution >= 4 is 21.8 Å². The molecule has 2 fully saturated rings. The molecule has 7 nitrogen and oxygen atoms in total. The van der Waals surface area contributed by atoms with E-state index in [0.29, 0.717) is 13.0 Å². The number of hydrogen-bond donors (Lipinski definition) is 1. The van der Waals surface area contributed by atoms with Crippen molar-refractivity contribution in [3.63, 3.8) is 0 Å². The first-order valence-electron chi connectivity index (χ1n) is 8.59. The van der Waals surface area contributed by atoms with Crippen LogP contribution < -0.4 is 4.72 Å². The molecule has 1 N–H and O–H groups in total. The van der Waals surface area contributed by atoms with Gasteiger partial charge in [-0.3, -0.25) is 14.3 Å². The highest BCUT2D eigenvalue weighted by atomic mass is 32.2. The molecule has 2 amide bonds. The van der Waals surface area contributed by atoms with E-state index in [1.807, 2.05) is 18.7 Å². The van der Waals surface area contributed by atoms with Crippen molar-refractivity contribution < 1.29 is 18.0 Å². The van der Waals surface area contributed by atoms with Crippen LogP contribution in [-0.4, -0.2) is 68.5 Å². The Balaban J connectivity index is 1.63. The van der Waals surface area contributed by atoms with E-state index < -0.39 is 15.9 Å². The molecule has 2 aliphatic heterocycles. The molecule has 0 bridgehead atoms. The van der Waals surface area contributed by atoms with E-state index in [-0.39, 0.29) is 28.9 Å². The van der Waals surface area contributed by atoms with Crippen LogP contribution in [0.2, 0.25) is 0 Å². The van der Waals surface area contributed by atoms with Crippen molar-refractivity contribution in [1.82, 2.24) is 14.5 Å². The minimum absolute atomic E-state index is 0.0348. The summed E-state index contributed by atoms with van der Waals surface area (Å²) in [6.45, 7) is 11.4. The number of carbonyl (C=O) groups is 2. The van der Waals surface area contributed by atoms with Crippen LogP contribution in [0.15, 0.2) is 0 Å². The SMILES string of the molecule is CC(C)C(=O)NS(=O)(=O)CCCN1CC2(C1)CN(C(=O)C(C)C)C2. The number of amides is 2. The lowest BCUT2D eigenvalue weighted by Crippen LogP contribution is -2.73. The molecule has 24 heavy (non-hydrogen) atoms. The Morgan fingerprint density at radius 1 is 1.04 bits per heavy atom. The van der Waals surface area contributed by atoms with Crippen molar-refractivity contribution in [3.8, 4) is 0 Å². The highest BCUT2D eigenvalue weighted by Crippen LogP contribution is 2.40. The van der Waals surface area contributed by atoms with E-state index in [4.69, 9.17) is 0 Å². The van der Waals surface area contributed by atoms with Crippen LogP contribution in [-0.2, 0) is 19.6 Å². The summed E-state index contributed by atoms with van der Waals surface area (Å²) in [6, 6.07) is 0. The molecular formula is C16H29N3O4S. The lowest BCUT2D eigenvalue weighted by Gasteiger charge is -2.60.